The van der Waals surface area contributed by atoms with Crippen molar-refractivity contribution in [2.24, 2.45) is 0 Å². The number of morpholine rings is 1. The van der Waals surface area contributed by atoms with Crippen LogP contribution in [0.25, 0.3) is 0 Å². The summed E-state index contributed by atoms with van der Waals surface area (Å²) in [6, 6.07) is 0.236. The Bertz CT molecular complexity index is 426. The van der Waals surface area contributed by atoms with Gasteiger partial charge in [0.1, 0.15) is 0 Å². The normalized spacial score (nSPS) is 19.7. The van der Waals surface area contributed by atoms with Crippen LogP contribution in [0.15, 0.2) is 17.2 Å². The summed E-state index contributed by atoms with van der Waals surface area (Å²) in [4.78, 5) is 16.1. The second-order valence-corrected chi connectivity index (χ2v) is 4.38. The second kappa shape index (κ2) is 6.51. The monoisotopic (exact) mass is 252 g/mol. The number of hydrogen-bond acceptors (Lipinski definition) is 5. The summed E-state index contributed by atoms with van der Waals surface area (Å²) in [7, 11) is 0. The van der Waals surface area contributed by atoms with Crippen LogP contribution in [0.5, 0.6) is 0 Å². The zero-order valence-electron chi connectivity index (χ0n) is 10.7. The van der Waals surface area contributed by atoms with E-state index in [1.54, 1.807) is 17.0 Å². The molecule has 1 aromatic heterocycles. The Kier molecular flexibility index (Phi) is 4.72. The van der Waals surface area contributed by atoms with Crippen LogP contribution in [0.2, 0.25) is 0 Å². The van der Waals surface area contributed by atoms with E-state index < -0.39 is 0 Å². The zero-order chi connectivity index (χ0) is 12.8. The molecule has 1 aliphatic heterocycles. The molecule has 0 spiro atoms. The minimum atomic E-state index is -0.0592. The first-order valence-electron chi connectivity index (χ1n) is 6.41. The molecule has 1 aliphatic rings. The molecule has 1 aromatic rings. The molecule has 2 heterocycles. The van der Waals surface area contributed by atoms with Crippen molar-refractivity contribution < 1.29 is 4.74 Å². The highest BCUT2D eigenvalue weighted by Gasteiger charge is 2.13. The van der Waals surface area contributed by atoms with Gasteiger partial charge in [-0.2, -0.15) is 0 Å². The summed E-state index contributed by atoms with van der Waals surface area (Å²) in [6.07, 6.45) is 4.31. The minimum absolute atomic E-state index is 0.0592. The lowest BCUT2D eigenvalue weighted by molar-refractivity contribution is 0.0806. The van der Waals surface area contributed by atoms with Gasteiger partial charge in [-0.25, -0.2) is 4.98 Å². The number of nitrogens with one attached hydrogen (secondary N) is 2. The number of ether oxygens (including phenoxy) is 1. The SMILES string of the molecule is CCCn1ccnc(NCC2COCCN2)c1=O. The molecule has 0 bridgehead atoms. The van der Waals surface area contributed by atoms with Gasteiger partial charge in [0.05, 0.1) is 13.2 Å². The maximum atomic E-state index is 12.0. The summed E-state index contributed by atoms with van der Waals surface area (Å²) in [5, 5.41) is 6.42. The van der Waals surface area contributed by atoms with Crippen LogP contribution in [-0.2, 0) is 11.3 Å². The maximum absolute atomic E-state index is 12.0. The molecule has 0 radical (unpaired) electrons. The molecule has 1 fully saturated rings. The van der Waals surface area contributed by atoms with Crippen molar-refractivity contribution in [1.29, 1.82) is 0 Å². The standard InChI is InChI=1S/C12H20N4O2/c1-2-5-16-6-3-14-11(12(16)17)15-8-10-9-18-7-4-13-10/h3,6,10,13H,2,4-5,7-9H2,1H3,(H,14,15). The van der Waals surface area contributed by atoms with Crippen molar-refractivity contribution in [3.8, 4) is 0 Å². The maximum Gasteiger partial charge on any atom is 0.293 e. The largest absolute Gasteiger partial charge is 0.378 e. The van der Waals surface area contributed by atoms with Gasteiger partial charge >= 0.3 is 0 Å². The number of hydrogen-bond donors (Lipinski definition) is 2. The van der Waals surface area contributed by atoms with Crippen molar-refractivity contribution in [2.45, 2.75) is 25.9 Å². The van der Waals surface area contributed by atoms with E-state index in [1.165, 1.54) is 0 Å². The molecular formula is C12H20N4O2. The second-order valence-electron chi connectivity index (χ2n) is 4.38. The topological polar surface area (TPSA) is 68.2 Å². The van der Waals surface area contributed by atoms with Crippen LogP contribution in [0, 0.1) is 0 Å². The average molecular weight is 252 g/mol. The van der Waals surface area contributed by atoms with Crippen molar-refractivity contribution >= 4 is 5.82 Å². The van der Waals surface area contributed by atoms with Crippen LogP contribution in [0.4, 0.5) is 5.82 Å². The number of rotatable bonds is 5. The van der Waals surface area contributed by atoms with Crippen molar-refractivity contribution in [1.82, 2.24) is 14.9 Å². The predicted octanol–water partition coefficient (Wildman–Crippen LogP) is 0.0536. The lowest BCUT2D eigenvalue weighted by atomic mass is 10.3. The third kappa shape index (κ3) is 3.30. The molecule has 2 rings (SSSR count). The van der Waals surface area contributed by atoms with Gasteiger partial charge in [0.15, 0.2) is 5.82 Å². The summed E-state index contributed by atoms with van der Waals surface area (Å²) in [5.41, 5.74) is -0.0592. The van der Waals surface area contributed by atoms with Gasteiger partial charge in [0.2, 0.25) is 0 Å². The van der Waals surface area contributed by atoms with E-state index in [0.29, 0.717) is 19.0 Å². The third-order valence-electron chi connectivity index (χ3n) is 2.89. The summed E-state index contributed by atoms with van der Waals surface area (Å²) in [5.74, 6) is 0.415. The van der Waals surface area contributed by atoms with Crippen LogP contribution in [0.3, 0.4) is 0 Å². The molecule has 6 heteroatoms. The Hall–Kier alpha value is -1.40. The Balaban J connectivity index is 1.96. The minimum Gasteiger partial charge on any atom is -0.378 e. The summed E-state index contributed by atoms with van der Waals surface area (Å²) < 4.78 is 7.04. The number of anilines is 1. The number of nitrogens with zero attached hydrogens (tertiary/aromatic N) is 2. The Morgan fingerprint density at radius 2 is 2.56 bits per heavy atom. The lowest BCUT2D eigenvalue weighted by Gasteiger charge is -2.24. The van der Waals surface area contributed by atoms with E-state index in [9.17, 15) is 4.79 Å². The molecule has 6 nitrogen and oxygen atoms in total. The number of aryl methyl sites for hydroxylation is 1. The molecule has 0 aliphatic carbocycles. The Labute approximate surface area is 106 Å². The van der Waals surface area contributed by atoms with E-state index in [4.69, 9.17) is 4.74 Å². The first kappa shape index (κ1) is 13.0. The summed E-state index contributed by atoms with van der Waals surface area (Å²) >= 11 is 0. The van der Waals surface area contributed by atoms with Crippen molar-refractivity contribution in [2.75, 3.05) is 31.6 Å². The molecule has 1 saturated heterocycles. The van der Waals surface area contributed by atoms with Gasteiger partial charge in [0, 0.05) is 38.1 Å². The molecule has 1 unspecified atom stereocenters. The van der Waals surface area contributed by atoms with Gasteiger partial charge in [-0.3, -0.25) is 4.79 Å². The average Bonchev–Trinajstić information content (AvgIpc) is 2.41. The van der Waals surface area contributed by atoms with E-state index in [2.05, 4.69) is 15.6 Å². The fourth-order valence-corrected chi connectivity index (χ4v) is 1.96. The summed E-state index contributed by atoms with van der Waals surface area (Å²) in [6.45, 7) is 5.70. The predicted molar refractivity (Wildman–Crippen MR) is 69.9 cm³/mol. The van der Waals surface area contributed by atoms with Gasteiger partial charge in [-0.05, 0) is 6.42 Å². The fourth-order valence-electron chi connectivity index (χ4n) is 1.96. The van der Waals surface area contributed by atoms with Crippen LogP contribution < -0.4 is 16.2 Å². The van der Waals surface area contributed by atoms with Gasteiger partial charge in [0.25, 0.3) is 5.56 Å². The smallest absolute Gasteiger partial charge is 0.293 e. The van der Waals surface area contributed by atoms with E-state index >= 15 is 0 Å². The Morgan fingerprint density at radius 3 is 3.28 bits per heavy atom. The molecule has 0 saturated carbocycles. The van der Waals surface area contributed by atoms with Gasteiger partial charge < -0.3 is 19.9 Å². The molecular weight excluding hydrogens is 232 g/mol. The highest BCUT2D eigenvalue weighted by Crippen LogP contribution is 1.97. The molecule has 0 aromatic carbocycles. The lowest BCUT2D eigenvalue weighted by Crippen LogP contribution is -2.45. The molecule has 1 atom stereocenters. The first-order chi connectivity index (χ1) is 8.81. The van der Waals surface area contributed by atoms with Crippen molar-refractivity contribution in [3.63, 3.8) is 0 Å². The van der Waals surface area contributed by atoms with Gasteiger partial charge in [-0.1, -0.05) is 6.92 Å². The third-order valence-corrected chi connectivity index (χ3v) is 2.89. The van der Waals surface area contributed by atoms with Crippen LogP contribution >= 0.6 is 0 Å². The molecule has 18 heavy (non-hydrogen) atoms. The van der Waals surface area contributed by atoms with Crippen molar-refractivity contribution in [3.05, 3.63) is 22.7 Å². The number of aromatic nitrogens is 2. The molecule has 0 amide bonds. The molecule has 100 valence electrons. The van der Waals surface area contributed by atoms with E-state index in [1.807, 2.05) is 6.92 Å². The van der Waals surface area contributed by atoms with Crippen LogP contribution in [-0.4, -0.2) is 41.9 Å². The van der Waals surface area contributed by atoms with E-state index in [-0.39, 0.29) is 11.6 Å². The fraction of sp³-hybridized carbons (Fsp3) is 0.667. The molecule has 2 N–H and O–H groups in total. The Morgan fingerprint density at radius 1 is 1.67 bits per heavy atom. The van der Waals surface area contributed by atoms with E-state index in [0.717, 1.165) is 26.1 Å². The first-order valence-corrected chi connectivity index (χ1v) is 6.41. The highest BCUT2D eigenvalue weighted by molar-refractivity contribution is 5.31. The van der Waals surface area contributed by atoms with Gasteiger partial charge in [-0.15, -0.1) is 0 Å². The zero-order valence-corrected chi connectivity index (χ0v) is 10.7. The quantitative estimate of drug-likeness (QED) is 0.775. The van der Waals surface area contributed by atoms with Crippen LogP contribution in [0.1, 0.15) is 13.3 Å². The highest BCUT2D eigenvalue weighted by atomic mass is 16.5.